The van der Waals surface area contributed by atoms with E-state index in [9.17, 15) is 4.79 Å². The van der Waals surface area contributed by atoms with Crippen molar-refractivity contribution in [2.24, 2.45) is 0 Å². The van der Waals surface area contributed by atoms with E-state index in [1.165, 1.54) is 0 Å². The number of nitrogens with one attached hydrogen (secondary N) is 1. The lowest BCUT2D eigenvalue weighted by Crippen LogP contribution is -2.01. The number of H-pyrrole nitrogens is 1. The van der Waals surface area contributed by atoms with Crippen LogP contribution in [0.25, 0.3) is 10.9 Å². The van der Waals surface area contributed by atoms with Gasteiger partial charge >= 0.3 is 0 Å². The fraction of sp³-hybridized carbons (Fsp3) is 0.0625. The highest BCUT2D eigenvalue weighted by Gasteiger charge is 2.09. The van der Waals surface area contributed by atoms with Gasteiger partial charge in [-0.1, -0.05) is 30.9 Å². The SMILES string of the molecule is C=C/C=C\C(=C/C)C(=O)c1ccc2[nH]ccc2c1. The monoisotopic (exact) mass is 237 g/mol. The molecule has 0 aliphatic heterocycles. The summed E-state index contributed by atoms with van der Waals surface area (Å²) in [6.07, 6.45) is 8.88. The molecule has 1 heterocycles. The topological polar surface area (TPSA) is 32.9 Å². The first kappa shape index (κ1) is 12.1. The number of aromatic nitrogens is 1. The van der Waals surface area contributed by atoms with Crippen molar-refractivity contribution in [3.05, 3.63) is 72.5 Å². The minimum Gasteiger partial charge on any atom is -0.361 e. The quantitative estimate of drug-likeness (QED) is 0.486. The zero-order chi connectivity index (χ0) is 13.0. The van der Waals surface area contributed by atoms with Crippen molar-refractivity contribution in [3.63, 3.8) is 0 Å². The van der Waals surface area contributed by atoms with Gasteiger partial charge in [0.2, 0.25) is 0 Å². The van der Waals surface area contributed by atoms with Crippen LogP contribution in [0.5, 0.6) is 0 Å². The molecule has 0 amide bonds. The number of rotatable bonds is 4. The van der Waals surface area contributed by atoms with Crippen molar-refractivity contribution in [3.8, 4) is 0 Å². The van der Waals surface area contributed by atoms with Crippen molar-refractivity contribution in [2.45, 2.75) is 6.92 Å². The van der Waals surface area contributed by atoms with E-state index in [1.807, 2.05) is 43.5 Å². The van der Waals surface area contributed by atoms with Crippen molar-refractivity contribution >= 4 is 16.7 Å². The largest absolute Gasteiger partial charge is 0.361 e. The van der Waals surface area contributed by atoms with Crippen LogP contribution in [0.4, 0.5) is 0 Å². The highest BCUT2D eigenvalue weighted by atomic mass is 16.1. The van der Waals surface area contributed by atoms with Crippen LogP contribution in [0.1, 0.15) is 17.3 Å². The van der Waals surface area contributed by atoms with Gasteiger partial charge in [-0.05, 0) is 31.2 Å². The van der Waals surface area contributed by atoms with Crippen LogP contribution in [0.2, 0.25) is 0 Å². The molecule has 2 aromatic rings. The maximum Gasteiger partial charge on any atom is 0.192 e. The smallest absolute Gasteiger partial charge is 0.192 e. The van der Waals surface area contributed by atoms with Gasteiger partial charge in [-0.15, -0.1) is 0 Å². The van der Waals surface area contributed by atoms with Crippen LogP contribution in [-0.2, 0) is 0 Å². The van der Waals surface area contributed by atoms with Crippen LogP contribution in [0, 0.1) is 0 Å². The van der Waals surface area contributed by atoms with Gasteiger partial charge in [-0.25, -0.2) is 0 Å². The van der Waals surface area contributed by atoms with Gasteiger partial charge in [0.15, 0.2) is 5.78 Å². The molecule has 0 aliphatic rings. The fourth-order valence-electron chi connectivity index (χ4n) is 1.84. The van der Waals surface area contributed by atoms with Gasteiger partial charge in [-0.3, -0.25) is 4.79 Å². The number of carbonyl (C=O) groups excluding carboxylic acids is 1. The van der Waals surface area contributed by atoms with E-state index in [1.54, 1.807) is 18.2 Å². The van der Waals surface area contributed by atoms with Crippen molar-refractivity contribution < 1.29 is 4.79 Å². The summed E-state index contributed by atoms with van der Waals surface area (Å²) in [4.78, 5) is 15.4. The second-order valence-corrected chi connectivity index (χ2v) is 3.95. The first-order chi connectivity index (χ1) is 8.76. The Morgan fingerprint density at radius 2 is 2.17 bits per heavy atom. The molecule has 0 radical (unpaired) electrons. The number of allylic oxidation sites excluding steroid dienone is 5. The zero-order valence-corrected chi connectivity index (χ0v) is 10.3. The van der Waals surface area contributed by atoms with E-state index in [2.05, 4.69) is 11.6 Å². The maximum atomic E-state index is 12.3. The first-order valence-corrected chi connectivity index (χ1v) is 5.83. The molecule has 18 heavy (non-hydrogen) atoms. The molecule has 1 N–H and O–H groups in total. The lowest BCUT2D eigenvalue weighted by atomic mass is 10.0. The van der Waals surface area contributed by atoms with Crippen LogP contribution < -0.4 is 0 Å². The summed E-state index contributed by atoms with van der Waals surface area (Å²) in [6, 6.07) is 7.62. The van der Waals surface area contributed by atoms with E-state index in [0.29, 0.717) is 11.1 Å². The lowest BCUT2D eigenvalue weighted by molar-refractivity contribution is 0.103. The average molecular weight is 237 g/mol. The number of ketones is 1. The molecular formula is C16H15NO. The molecule has 1 aromatic heterocycles. The second kappa shape index (κ2) is 5.32. The van der Waals surface area contributed by atoms with Crippen LogP contribution in [-0.4, -0.2) is 10.8 Å². The molecular weight excluding hydrogens is 222 g/mol. The molecule has 2 nitrogen and oxygen atoms in total. The molecule has 0 atom stereocenters. The van der Waals surface area contributed by atoms with Crippen LogP contribution >= 0.6 is 0 Å². The summed E-state index contributed by atoms with van der Waals surface area (Å²) in [7, 11) is 0. The number of fused-ring (bicyclic) bond motifs is 1. The molecule has 2 rings (SSSR count). The number of hydrogen-bond acceptors (Lipinski definition) is 1. The molecule has 90 valence electrons. The molecule has 1 aromatic carbocycles. The van der Waals surface area contributed by atoms with Crippen molar-refractivity contribution in [2.75, 3.05) is 0 Å². The van der Waals surface area contributed by atoms with E-state index < -0.39 is 0 Å². The third kappa shape index (κ3) is 2.33. The zero-order valence-electron chi connectivity index (χ0n) is 10.3. The van der Waals surface area contributed by atoms with Gasteiger partial charge in [0, 0.05) is 28.2 Å². The van der Waals surface area contributed by atoms with E-state index in [-0.39, 0.29) is 5.78 Å². The average Bonchev–Trinajstić information content (AvgIpc) is 2.86. The molecule has 0 unspecified atom stereocenters. The van der Waals surface area contributed by atoms with Crippen molar-refractivity contribution in [1.82, 2.24) is 4.98 Å². The Morgan fingerprint density at radius 1 is 1.33 bits per heavy atom. The molecule has 0 spiro atoms. The summed E-state index contributed by atoms with van der Waals surface area (Å²) >= 11 is 0. The van der Waals surface area contributed by atoms with Gasteiger partial charge in [0.25, 0.3) is 0 Å². The number of benzene rings is 1. The van der Waals surface area contributed by atoms with Crippen molar-refractivity contribution in [1.29, 1.82) is 0 Å². The third-order valence-corrected chi connectivity index (χ3v) is 2.80. The molecule has 0 saturated heterocycles. The maximum absolute atomic E-state index is 12.3. The Bertz CT molecular complexity index is 644. The Hall–Kier alpha value is -2.35. The highest BCUT2D eigenvalue weighted by Crippen LogP contribution is 2.17. The summed E-state index contributed by atoms with van der Waals surface area (Å²) in [5.41, 5.74) is 2.41. The van der Waals surface area contributed by atoms with E-state index >= 15 is 0 Å². The predicted octanol–water partition coefficient (Wildman–Crippen LogP) is 4.04. The first-order valence-electron chi connectivity index (χ1n) is 5.83. The number of aromatic amines is 1. The minimum absolute atomic E-state index is 0.0266. The third-order valence-electron chi connectivity index (χ3n) is 2.80. The molecule has 0 aliphatic carbocycles. The van der Waals surface area contributed by atoms with Crippen LogP contribution in [0.15, 0.2) is 66.9 Å². The molecule has 0 fully saturated rings. The highest BCUT2D eigenvalue weighted by molar-refractivity contribution is 6.11. The molecule has 2 heteroatoms. The van der Waals surface area contributed by atoms with Crippen LogP contribution in [0.3, 0.4) is 0 Å². The normalized spacial score (nSPS) is 12.2. The summed E-state index contributed by atoms with van der Waals surface area (Å²) in [5.74, 6) is 0.0266. The molecule has 0 bridgehead atoms. The van der Waals surface area contributed by atoms with E-state index in [0.717, 1.165) is 10.9 Å². The summed E-state index contributed by atoms with van der Waals surface area (Å²) in [5, 5.41) is 1.05. The molecule has 0 saturated carbocycles. The summed E-state index contributed by atoms with van der Waals surface area (Å²) in [6.45, 7) is 5.46. The van der Waals surface area contributed by atoms with Gasteiger partial charge in [-0.2, -0.15) is 0 Å². The fourth-order valence-corrected chi connectivity index (χ4v) is 1.84. The Kier molecular flexibility index (Phi) is 3.58. The van der Waals surface area contributed by atoms with E-state index in [4.69, 9.17) is 0 Å². The lowest BCUT2D eigenvalue weighted by Gasteiger charge is -2.02. The second-order valence-electron chi connectivity index (χ2n) is 3.95. The minimum atomic E-state index is 0.0266. The van der Waals surface area contributed by atoms with Gasteiger partial charge < -0.3 is 4.98 Å². The predicted molar refractivity (Wildman–Crippen MR) is 75.7 cm³/mol. The Morgan fingerprint density at radius 3 is 2.89 bits per heavy atom. The Balaban J connectivity index is 2.37. The summed E-state index contributed by atoms with van der Waals surface area (Å²) < 4.78 is 0. The standard InChI is InChI=1S/C16H15NO/c1-3-5-6-12(4-2)16(18)14-7-8-15-13(11-14)9-10-17-15/h3-11,17H,1H2,2H3/b6-5-,12-4+. The number of carbonyl (C=O) groups is 1. The van der Waals surface area contributed by atoms with Gasteiger partial charge in [0.1, 0.15) is 0 Å². The Labute approximate surface area is 106 Å². The number of Topliss-reactive ketones (excluding diaryl/α,β-unsaturated/α-hetero) is 1. The number of hydrogen-bond donors (Lipinski definition) is 1. The van der Waals surface area contributed by atoms with Gasteiger partial charge in [0.05, 0.1) is 0 Å².